The van der Waals surface area contributed by atoms with Crippen molar-refractivity contribution in [3.05, 3.63) is 57.6 Å². The largest absolute Gasteiger partial charge is 0.490 e. The standard InChI is InChI=1S/C18H18IN3O2/c1-3-14-16(18(23)20-13-9-7-12(19)8-10-13)22-11-5-6-15(24-4-2)17(22)21-14/h5-11H,3-4H2,1-2H3,(H,20,23). The Kier molecular flexibility index (Phi) is 5.03. The molecule has 3 aromatic rings. The van der Waals surface area contributed by atoms with Crippen LogP contribution in [0.25, 0.3) is 5.65 Å². The van der Waals surface area contributed by atoms with E-state index in [-0.39, 0.29) is 5.91 Å². The molecule has 3 rings (SSSR count). The molecule has 0 saturated carbocycles. The number of hydrogen-bond donors (Lipinski definition) is 1. The third-order valence-corrected chi connectivity index (χ3v) is 4.36. The minimum atomic E-state index is -0.172. The first-order valence-electron chi connectivity index (χ1n) is 7.83. The summed E-state index contributed by atoms with van der Waals surface area (Å²) in [6, 6.07) is 11.4. The van der Waals surface area contributed by atoms with E-state index in [1.54, 1.807) is 4.40 Å². The van der Waals surface area contributed by atoms with Crippen molar-refractivity contribution >= 4 is 39.8 Å². The van der Waals surface area contributed by atoms with Gasteiger partial charge in [-0.1, -0.05) is 6.92 Å². The van der Waals surface area contributed by atoms with Crippen molar-refractivity contribution in [3.8, 4) is 5.75 Å². The third kappa shape index (κ3) is 3.24. The number of imidazole rings is 1. The molecule has 24 heavy (non-hydrogen) atoms. The number of carbonyl (C=O) groups excluding carboxylic acids is 1. The number of pyridine rings is 1. The molecule has 0 aliphatic rings. The summed E-state index contributed by atoms with van der Waals surface area (Å²) in [5.74, 6) is 0.511. The number of hydrogen-bond acceptors (Lipinski definition) is 3. The summed E-state index contributed by atoms with van der Waals surface area (Å²) in [5, 5.41) is 2.95. The summed E-state index contributed by atoms with van der Waals surface area (Å²) < 4.78 is 8.55. The molecule has 0 unspecified atom stereocenters. The van der Waals surface area contributed by atoms with Crippen LogP contribution in [0.15, 0.2) is 42.6 Å². The lowest BCUT2D eigenvalue weighted by molar-refractivity contribution is 0.102. The topological polar surface area (TPSA) is 55.6 Å². The molecule has 1 amide bonds. The Labute approximate surface area is 154 Å². The van der Waals surface area contributed by atoms with Gasteiger partial charge in [0.25, 0.3) is 5.91 Å². The minimum absolute atomic E-state index is 0.172. The van der Waals surface area contributed by atoms with Gasteiger partial charge in [0.15, 0.2) is 11.4 Å². The van der Waals surface area contributed by atoms with Crippen LogP contribution < -0.4 is 10.1 Å². The van der Waals surface area contributed by atoms with E-state index in [4.69, 9.17) is 4.74 Å². The number of anilines is 1. The van der Waals surface area contributed by atoms with E-state index in [1.807, 2.05) is 56.4 Å². The Morgan fingerprint density at radius 3 is 2.67 bits per heavy atom. The van der Waals surface area contributed by atoms with Crippen molar-refractivity contribution in [1.29, 1.82) is 0 Å². The van der Waals surface area contributed by atoms with Crippen LogP contribution >= 0.6 is 22.6 Å². The number of rotatable bonds is 5. The van der Waals surface area contributed by atoms with E-state index >= 15 is 0 Å². The number of halogens is 1. The Bertz CT molecular complexity index is 872. The molecular formula is C18H18IN3O2. The molecule has 0 spiro atoms. The monoisotopic (exact) mass is 435 g/mol. The second-order valence-electron chi connectivity index (χ2n) is 5.22. The van der Waals surface area contributed by atoms with Gasteiger partial charge in [0.1, 0.15) is 5.69 Å². The fourth-order valence-electron chi connectivity index (χ4n) is 2.57. The quantitative estimate of drug-likeness (QED) is 0.613. The van der Waals surface area contributed by atoms with Gasteiger partial charge in [0.05, 0.1) is 12.3 Å². The highest BCUT2D eigenvalue weighted by Crippen LogP contribution is 2.23. The minimum Gasteiger partial charge on any atom is -0.490 e. The van der Waals surface area contributed by atoms with E-state index in [9.17, 15) is 4.79 Å². The summed E-state index contributed by atoms with van der Waals surface area (Å²) >= 11 is 2.23. The first-order valence-corrected chi connectivity index (χ1v) is 8.91. The highest BCUT2D eigenvalue weighted by Gasteiger charge is 2.20. The van der Waals surface area contributed by atoms with E-state index in [0.717, 1.165) is 15.0 Å². The van der Waals surface area contributed by atoms with Gasteiger partial charge in [0, 0.05) is 15.5 Å². The smallest absolute Gasteiger partial charge is 0.274 e. The second kappa shape index (κ2) is 7.21. The molecule has 0 radical (unpaired) electrons. The van der Waals surface area contributed by atoms with Crippen LogP contribution in [0.2, 0.25) is 0 Å². The molecule has 0 aliphatic carbocycles. The van der Waals surface area contributed by atoms with Crippen LogP contribution in [-0.2, 0) is 6.42 Å². The van der Waals surface area contributed by atoms with Crippen molar-refractivity contribution in [2.24, 2.45) is 0 Å². The molecular weight excluding hydrogens is 417 g/mol. The number of carbonyl (C=O) groups is 1. The molecule has 2 aromatic heterocycles. The molecule has 1 N–H and O–H groups in total. The molecule has 124 valence electrons. The lowest BCUT2D eigenvalue weighted by Crippen LogP contribution is -2.16. The lowest BCUT2D eigenvalue weighted by atomic mass is 10.2. The Balaban J connectivity index is 2.02. The van der Waals surface area contributed by atoms with Gasteiger partial charge in [-0.2, -0.15) is 0 Å². The zero-order valence-electron chi connectivity index (χ0n) is 13.5. The average Bonchev–Trinajstić information content (AvgIpc) is 2.97. The maximum absolute atomic E-state index is 12.8. The van der Waals surface area contributed by atoms with Crippen LogP contribution in [0.5, 0.6) is 5.75 Å². The molecule has 0 fully saturated rings. The van der Waals surface area contributed by atoms with Crippen LogP contribution in [0.4, 0.5) is 5.69 Å². The fourth-order valence-corrected chi connectivity index (χ4v) is 2.93. The van der Waals surface area contributed by atoms with Gasteiger partial charge in [-0.05, 0) is 72.3 Å². The van der Waals surface area contributed by atoms with Crippen LogP contribution in [0.1, 0.15) is 30.0 Å². The second-order valence-corrected chi connectivity index (χ2v) is 6.47. The third-order valence-electron chi connectivity index (χ3n) is 3.64. The molecule has 0 bridgehead atoms. The Hall–Kier alpha value is -2.09. The molecule has 0 saturated heterocycles. The van der Waals surface area contributed by atoms with Crippen LogP contribution in [-0.4, -0.2) is 21.9 Å². The van der Waals surface area contributed by atoms with Gasteiger partial charge in [-0.3, -0.25) is 9.20 Å². The van der Waals surface area contributed by atoms with E-state index in [1.165, 1.54) is 0 Å². The zero-order valence-corrected chi connectivity index (χ0v) is 15.7. The number of ether oxygens (including phenoxy) is 1. The van der Waals surface area contributed by atoms with Crippen molar-refractivity contribution in [2.75, 3.05) is 11.9 Å². The number of amides is 1. The number of aromatic nitrogens is 2. The van der Waals surface area contributed by atoms with E-state index in [0.29, 0.717) is 30.1 Å². The summed E-state index contributed by atoms with van der Waals surface area (Å²) in [5.41, 5.74) is 2.74. The van der Waals surface area contributed by atoms with Gasteiger partial charge >= 0.3 is 0 Å². The van der Waals surface area contributed by atoms with Crippen molar-refractivity contribution in [3.63, 3.8) is 0 Å². The van der Waals surface area contributed by atoms with Gasteiger partial charge < -0.3 is 10.1 Å². The molecule has 1 aromatic carbocycles. The van der Waals surface area contributed by atoms with Crippen molar-refractivity contribution in [1.82, 2.24) is 9.38 Å². The number of nitrogens with zero attached hydrogens (tertiary/aromatic N) is 2. The zero-order chi connectivity index (χ0) is 17.1. The molecule has 2 heterocycles. The van der Waals surface area contributed by atoms with Gasteiger partial charge in [0.2, 0.25) is 0 Å². The fraction of sp³-hybridized carbons (Fsp3) is 0.222. The number of fused-ring (bicyclic) bond motifs is 1. The average molecular weight is 435 g/mol. The Morgan fingerprint density at radius 1 is 1.25 bits per heavy atom. The number of aryl methyl sites for hydroxylation is 1. The predicted octanol–water partition coefficient (Wildman–Crippen LogP) is 4.15. The highest BCUT2D eigenvalue weighted by molar-refractivity contribution is 14.1. The SMILES string of the molecule is CCOc1cccn2c(C(=O)Nc3ccc(I)cc3)c(CC)nc12. The summed E-state index contributed by atoms with van der Waals surface area (Å²) in [6.07, 6.45) is 2.51. The van der Waals surface area contributed by atoms with Crippen LogP contribution in [0.3, 0.4) is 0 Å². The Morgan fingerprint density at radius 2 is 2.00 bits per heavy atom. The molecule has 6 heteroatoms. The van der Waals surface area contributed by atoms with E-state index in [2.05, 4.69) is 32.9 Å². The summed E-state index contributed by atoms with van der Waals surface area (Å²) in [4.78, 5) is 17.4. The molecule has 0 atom stereocenters. The highest BCUT2D eigenvalue weighted by atomic mass is 127. The number of benzene rings is 1. The van der Waals surface area contributed by atoms with Gasteiger partial charge in [-0.25, -0.2) is 4.98 Å². The molecule has 5 nitrogen and oxygen atoms in total. The van der Waals surface area contributed by atoms with Crippen LogP contribution in [0, 0.1) is 3.57 Å². The first-order chi connectivity index (χ1) is 11.6. The van der Waals surface area contributed by atoms with Crippen molar-refractivity contribution in [2.45, 2.75) is 20.3 Å². The van der Waals surface area contributed by atoms with E-state index < -0.39 is 0 Å². The molecule has 0 aliphatic heterocycles. The lowest BCUT2D eigenvalue weighted by Gasteiger charge is -2.08. The maximum atomic E-state index is 12.8. The summed E-state index contributed by atoms with van der Waals surface area (Å²) in [6.45, 7) is 4.47. The normalized spacial score (nSPS) is 10.8. The first kappa shape index (κ1) is 16.8. The summed E-state index contributed by atoms with van der Waals surface area (Å²) in [7, 11) is 0. The predicted molar refractivity (Wildman–Crippen MR) is 103 cm³/mol. The maximum Gasteiger partial charge on any atom is 0.274 e. The number of nitrogens with one attached hydrogen (secondary N) is 1. The van der Waals surface area contributed by atoms with Gasteiger partial charge in [-0.15, -0.1) is 0 Å². The van der Waals surface area contributed by atoms with Crippen molar-refractivity contribution < 1.29 is 9.53 Å².